The van der Waals surface area contributed by atoms with Crippen LogP contribution in [0.3, 0.4) is 0 Å². The molecule has 0 amide bonds. The molecule has 2 aromatic rings. The molecule has 6 heteroatoms. The van der Waals surface area contributed by atoms with Gasteiger partial charge in [-0.15, -0.1) is 0 Å². The third-order valence-corrected chi connectivity index (χ3v) is 2.95. The molecular weight excluding hydrogens is 236 g/mol. The van der Waals surface area contributed by atoms with Crippen LogP contribution in [0.5, 0.6) is 0 Å². The number of rotatable bonds is 4. The van der Waals surface area contributed by atoms with Gasteiger partial charge >= 0.3 is 0 Å². The van der Waals surface area contributed by atoms with Gasteiger partial charge in [0, 0.05) is 24.9 Å². The van der Waals surface area contributed by atoms with Crippen LogP contribution in [-0.4, -0.2) is 19.7 Å². The lowest BCUT2D eigenvalue weighted by molar-refractivity contribution is 0.367. The first-order valence-electron chi connectivity index (χ1n) is 5.65. The zero-order chi connectivity index (χ0) is 12.4. The van der Waals surface area contributed by atoms with Crippen LogP contribution in [0, 0.1) is 11.7 Å². The maximum atomic E-state index is 5.25. The fourth-order valence-electron chi connectivity index (χ4n) is 1.77. The summed E-state index contributed by atoms with van der Waals surface area (Å²) >= 11 is 5.25. The van der Waals surface area contributed by atoms with E-state index in [9.17, 15) is 0 Å². The van der Waals surface area contributed by atoms with Crippen LogP contribution >= 0.6 is 12.2 Å². The Morgan fingerprint density at radius 2 is 2.29 bits per heavy atom. The van der Waals surface area contributed by atoms with Crippen LogP contribution in [0.1, 0.15) is 37.2 Å². The first kappa shape index (κ1) is 12.0. The van der Waals surface area contributed by atoms with Crippen LogP contribution < -0.4 is 0 Å². The van der Waals surface area contributed by atoms with Crippen LogP contribution in [-0.2, 0) is 13.0 Å². The highest BCUT2D eigenvalue weighted by Crippen LogP contribution is 2.15. The van der Waals surface area contributed by atoms with E-state index in [-0.39, 0.29) is 0 Å². The van der Waals surface area contributed by atoms with E-state index in [1.54, 1.807) is 0 Å². The fraction of sp³-hybridized carbons (Fsp3) is 0.545. The van der Waals surface area contributed by atoms with Gasteiger partial charge in [-0.1, -0.05) is 19.0 Å². The van der Waals surface area contributed by atoms with Crippen molar-refractivity contribution in [3.63, 3.8) is 0 Å². The molecule has 0 spiro atoms. The van der Waals surface area contributed by atoms with Crippen LogP contribution in [0.15, 0.2) is 10.7 Å². The molecule has 0 atom stereocenters. The first-order chi connectivity index (χ1) is 8.08. The Bertz CT molecular complexity index is 552. The molecule has 0 radical (unpaired) electrons. The summed E-state index contributed by atoms with van der Waals surface area (Å²) in [6.07, 6.45) is 2.67. The van der Waals surface area contributed by atoms with Gasteiger partial charge in [0.15, 0.2) is 10.6 Å². The predicted octanol–water partition coefficient (Wildman–Crippen LogP) is 2.60. The number of nitrogens with zero attached hydrogens (tertiary/aromatic N) is 3. The van der Waals surface area contributed by atoms with Crippen molar-refractivity contribution >= 4 is 12.2 Å². The Morgan fingerprint density at radius 1 is 1.53 bits per heavy atom. The second-order valence-electron chi connectivity index (χ2n) is 4.31. The number of aromatic nitrogens is 4. The number of hydrogen-bond acceptors (Lipinski definition) is 4. The topological polar surface area (TPSA) is 59.6 Å². The summed E-state index contributed by atoms with van der Waals surface area (Å²) in [6, 6.07) is 0. The van der Waals surface area contributed by atoms with Gasteiger partial charge < -0.3 is 14.1 Å². The van der Waals surface area contributed by atoms with Crippen LogP contribution in [0.4, 0.5) is 0 Å². The minimum absolute atomic E-state index is 0.437. The summed E-state index contributed by atoms with van der Waals surface area (Å²) in [5.41, 5.74) is 1.20. The molecule has 5 nitrogen and oxygen atoms in total. The molecule has 17 heavy (non-hydrogen) atoms. The van der Waals surface area contributed by atoms with E-state index in [4.69, 9.17) is 16.7 Å². The Morgan fingerprint density at radius 3 is 2.88 bits per heavy atom. The number of nitrogens with one attached hydrogen (secondary N) is 1. The van der Waals surface area contributed by atoms with Crippen molar-refractivity contribution in [2.75, 3.05) is 0 Å². The van der Waals surface area contributed by atoms with Crippen molar-refractivity contribution in [1.82, 2.24) is 19.7 Å². The molecular formula is C11H16N4OS. The largest absolute Gasteiger partial charge is 0.339 e. The van der Waals surface area contributed by atoms with Gasteiger partial charge in [0.25, 0.3) is 0 Å². The Hall–Kier alpha value is -1.43. The normalized spacial score (nSPS) is 11.3. The molecule has 0 unspecified atom stereocenters. The average Bonchev–Trinajstić information content (AvgIpc) is 2.82. The highest BCUT2D eigenvalue weighted by molar-refractivity contribution is 7.71. The molecule has 0 saturated heterocycles. The second kappa shape index (κ2) is 4.83. The summed E-state index contributed by atoms with van der Waals surface area (Å²) in [4.78, 5) is 7.25. The molecule has 2 heterocycles. The molecule has 2 rings (SSSR count). The van der Waals surface area contributed by atoms with Crippen LogP contribution in [0.2, 0.25) is 0 Å². The summed E-state index contributed by atoms with van der Waals surface area (Å²) in [6.45, 7) is 6.86. The Labute approximate surface area is 105 Å². The molecule has 0 aliphatic carbocycles. The maximum absolute atomic E-state index is 5.25. The quantitative estimate of drug-likeness (QED) is 0.850. The molecule has 1 N–H and O–H groups in total. The predicted molar refractivity (Wildman–Crippen MR) is 66.4 cm³/mol. The average molecular weight is 252 g/mol. The number of imidazole rings is 1. The van der Waals surface area contributed by atoms with Crippen molar-refractivity contribution in [2.45, 2.75) is 39.7 Å². The highest BCUT2D eigenvalue weighted by Gasteiger charge is 2.09. The molecule has 0 fully saturated rings. The van der Waals surface area contributed by atoms with Crippen molar-refractivity contribution in [3.05, 3.63) is 28.4 Å². The van der Waals surface area contributed by atoms with E-state index in [1.165, 1.54) is 5.69 Å². The van der Waals surface area contributed by atoms with E-state index in [0.717, 1.165) is 11.3 Å². The fourth-order valence-corrected chi connectivity index (χ4v) is 2.02. The molecule has 0 aliphatic rings. The molecule has 0 bridgehead atoms. The smallest absolute Gasteiger partial charge is 0.228 e. The van der Waals surface area contributed by atoms with Gasteiger partial charge in [-0.25, -0.2) is 0 Å². The molecule has 92 valence electrons. The van der Waals surface area contributed by atoms with E-state index in [1.807, 2.05) is 13.1 Å². The lowest BCUT2D eigenvalue weighted by atomic mass is 10.1. The standard InChI is InChI=1S/C11H16N4OS/c1-7(2)9-6-12-11(17)15(9)5-4-10-13-8(3)14-16-10/h6-7H,4-5H2,1-3H3,(H,12,17). The number of aromatic amines is 1. The highest BCUT2D eigenvalue weighted by atomic mass is 32.1. The lowest BCUT2D eigenvalue weighted by Gasteiger charge is -2.09. The maximum Gasteiger partial charge on any atom is 0.228 e. The van der Waals surface area contributed by atoms with Gasteiger partial charge in [0.1, 0.15) is 0 Å². The van der Waals surface area contributed by atoms with E-state index >= 15 is 0 Å². The van der Waals surface area contributed by atoms with Crippen molar-refractivity contribution in [2.24, 2.45) is 0 Å². The monoisotopic (exact) mass is 252 g/mol. The van der Waals surface area contributed by atoms with Crippen molar-refractivity contribution in [1.29, 1.82) is 0 Å². The molecule has 2 aromatic heterocycles. The lowest BCUT2D eigenvalue weighted by Crippen LogP contribution is -2.07. The summed E-state index contributed by atoms with van der Waals surface area (Å²) in [5.74, 6) is 1.76. The SMILES string of the molecule is Cc1noc(CCn2c(C(C)C)c[nH]c2=S)n1. The third kappa shape index (κ3) is 2.63. The Kier molecular flexibility index (Phi) is 3.42. The molecule has 0 aromatic carbocycles. The summed E-state index contributed by atoms with van der Waals surface area (Å²) < 4.78 is 7.91. The van der Waals surface area contributed by atoms with Crippen molar-refractivity contribution < 1.29 is 4.52 Å². The summed E-state index contributed by atoms with van der Waals surface area (Å²) in [7, 11) is 0. The third-order valence-electron chi connectivity index (χ3n) is 2.61. The zero-order valence-electron chi connectivity index (χ0n) is 10.2. The Balaban J connectivity index is 2.13. The van der Waals surface area contributed by atoms with Crippen molar-refractivity contribution in [3.8, 4) is 0 Å². The second-order valence-corrected chi connectivity index (χ2v) is 4.70. The van der Waals surface area contributed by atoms with E-state index < -0.39 is 0 Å². The van der Waals surface area contributed by atoms with E-state index in [0.29, 0.717) is 24.1 Å². The first-order valence-corrected chi connectivity index (χ1v) is 6.06. The zero-order valence-corrected chi connectivity index (χ0v) is 11.0. The van der Waals surface area contributed by atoms with Gasteiger partial charge in [0.2, 0.25) is 5.89 Å². The molecule has 0 aliphatic heterocycles. The number of aryl methyl sites for hydroxylation is 2. The number of hydrogen-bond donors (Lipinski definition) is 1. The van der Waals surface area contributed by atoms with Gasteiger partial charge in [-0.3, -0.25) is 0 Å². The number of H-pyrrole nitrogens is 1. The summed E-state index contributed by atoms with van der Waals surface area (Å²) in [5, 5.41) is 3.77. The van der Waals surface area contributed by atoms with Gasteiger partial charge in [0.05, 0.1) is 0 Å². The van der Waals surface area contributed by atoms with Gasteiger partial charge in [-0.05, 0) is 25.1 Å². The van der Waals surface area contributed by atoms with E-state index in [2.05, 4.69) is 33.5 Å². The van der Waals surface area contributed by atoms with Gasteiger partial charge in [-0.2, -0.15) is 4.98 Å². The van der Waals surface area contributed by atoms with Crippen LogP contribution in [0.25, 0.3) is 0 Å². The minimum atomic E-state index is 0.437. The molecule has 0 saturated carbocycles. The minimum Gasteiger partial charge on any atom is -0.339 e.